The Morgan fingerprint density at radius 3 is 2.25 bits per heavy atom. The van der Waals surface area contributed by atoms with Crippen LogP contribution in [0.5, 0.6) is 17.2 Å². The third-order valence-electron chi connectivity index (χ3n) is 5.60. The van der Waals surface area contributed by atoms with Crippen molar-refractivity contribution in [2.24, 2.45) is 0 Å². The predicted octanol–water partition coefficient (Wildman–Crippen LogP) is 2.97. The van der Waals surface area contributed by atoms with Gasteiger partial charge in [-0.1, -0.05) is 12.1 Å². The van der Waals surface area contributed by atoms with Gasteiger partial charge in [-0.05, 0) is 41.8 Å². The van der Waals surface area contributed by atoms with Crippen LogP contribution in [0.25, 0.3) is 0 Å². The Hall–Kier alpha value is -2.84. The summed E-state index contributed by atoms with van der Waals surface area (Å²) in [6.45, 7) is 3.27. The van der Waals surface area contributed by atoms with E-state index in [-0.39, 0.29) is 17.8 Å². The Kier molecular flexibility index (Phi) is 8.70. The van der Waals surface area contributed by atoms with Gasteiger partial charge in [0, 0.05) is 26.1 Å². The van der Waals surface area contributed by atoms with Crippen molar-refractivity contribution < 1.29 is 28.1 Å². The molecule has 174 valence electrons. The molecule has 1 aliphatic rings. The monoisotopic (exact) mass is 446 g/mol. The topological polar surface area (TPSA) is 69.3 Å². The first-order valence-electron chi connectivity index (χ1n) is 10.7. The van der Waals surface area contributed by atoms with Gasteiger partial charge in [0.25, 0.3) is 0 Å². The van der Waals surface area contributed by atoms with Gasteiger partial charge in [-0.2, -0.15) is 0 Å². The van der Waals surface area contributed by atoms with Crippen LogP contribution in [-0.2, 0) is 16.0 Å². The maximum absolute atomic E-state index is 13.4. The summed E-state index contributed by atoms with van der Waals surface area (Å²) in [7, 11) is 4.68. The van der Waals surface area contributed by atoms with Crippen LogP contribution in [0.4, 0.5) is 4.39 Å². The number of nitrogens with one attached hydrogen (secondary N) is 1. The van der Waals surface area contributed by atoms with Gasteiger partial charge in [0.15, 0.2) is 11.5 Å². The average Bonchev–Trinajstić information content (AvgIpc) is 2.83. The van der Waals surface area contributed by atoms with Crippen LogP contribution < -0.4 is 19.5 Å². The fourth-order valence-corrected chi connectivity index (χ4v) is 3.87. The van der Waals surface area contributed by atoms with E-state index in [2.05, 4.69) is 10.2 Å². The lowest BCUT2D eigenvalue weighted by molar-refractivity contribution is -0.121. The second-order valence-corrected chi connectivity index (χ2v) is 7.55. The zero-order valence-electron chi connectivity index (χ0n) is 18.9. The standard InChI is InChI=1S/C24H31FN2O5/c1-29-21-14-17(15-22(30-2)24(21)31-3)4-9-23(28)26-16-20(27-10-12-32-13-11-27)18-5-7-19(25)8-6-18/h5-8,14-15,20H,4,9-13,16H2,1-3H3,(H,26,28)/t20-/m0/s1. The summed E-state index contributed by atoms with van der Waals surface area (Å²) in [6, 6.07) is 10.1. The minimum atomic E-state index is -0.274. The van der Waals surface area contributed by atoms with Crippen LogP contribution in [0.2, 0.25) is 0 Å². The third kappa shape index (κ3) is 6.11. The van der Waals surface area contributed by atoms with E-state index >= 15 is 0 Å². The highest BCUT2D eigenvalue weighted by Gasteiger charge is 2.23. The van der Waals surface area contributed by atoms with Gasteiger partial charge in [0.2, 0.25) is 11.7 Å². The Bertz CT molecular complexity index is 859. The van der Waals surface area contributed by atoms with E-state index in [1.807, 2.05) is 12.1 Å². The van der Waals surface area contributed by atoms with Crippen molar-refractivity contribution in [3.05, 3.63) is 53.3 Å². The van der Waals surface area contributed by atoms with Crippen molar-refractivity contribution in [1.82, 2.24) is 10.2 Å². The normalized spacial score (nSPS) is 15.1. The molecule has 1 amide bonds. The van der Waals surface area contributed by atoms with Gasteiger partial charge in [-0.3, -0.25) is 9.69 Å². The lowest BCUT2D eigenvalue weighted by Crippen LogP contribution is -2.43. The summed E-state index contributed by atoms with van der Waals surface area (Å²) < 4.78 is 35.0. The van der Waals surface area contributed by atoms with Crippen molar-refractivity contribution in [3.8, 4) is 17.2 Å². The number of carbonyl (C=O) groups is 1. The number of amides is 1. The van der Waals surface area contributed by atoms with Gasteiger partial charge in [-0.15, -0.1) is 0 Å². The molecule has 8 heteroatoms. The number of nitrogens with zero attached hydrogens (tertiary/aromatic N) is 1. The Morgan fingerprint density at radius 1 is 1.06 bits per heavy atom. The van der Waals surface area contributed by atoms with Crippen molar-refractivity contribution in [2.45, 2.75) is 18.9 Å². The van der Waals surface area contributed by atoms with Crippen LogP contribution in [-0.4, -0.2) is 65.0 Å². The number of ether oxygens (including phenoxy) is 4. The minimum absolute atomic E-state index is 0.0374. The molecule has 1 saturated heterocycles. The highest BCUT2D eigenvalue weighted by atomic mass is 19.1. The molecule has 1 aliphatic heterocycles. The Balaban J connectivity index is 1.62. The highest BCUT2D eigenvalue weighted by molar-refractivity contribution is 5.76. The maximum atomic E-state index is 13.4. The first-order chi connectivity index (χ1) is 15.5. The van der Waals surface area contributed by atoms with Crippen LogP contribution in [0.1, 0.15) is 23.6 Å². The maximum Gasteiger partial charge on any atom is 0.220 e. The summed E-state index contributed by atoms with van der Waals surface area (Å²) in [4.78, 5) is 14.9. The molecule has 1 N–H and O–H groups in total. The van der Waals surface area contributed by atoms with Gasteiger partial charge in [0.1, 0.15) is 5.82 Å². The van der Waals surface area contributed by atoms with E-state index in [1.54, 1.807) is 33.5 Å². The molecule has 0 bridgehead atoms. The molecule has 3 rings (SSSR count). The van der Waals surface area contributed by atoms with E-state index in [1.165, 1.54) is 12.1 Å². The van der Waals surface area contributed by atoms with E-state index in [4.69, 9.17) is 18.9 Å². The van der Waals surface area contributed by atoms with Crippen LogP contribution in [0.3, 0.4) is 0 Å². The van der Waals surface area contributed by atoms with Crippen molar-refractivity contribution in [3.63, 3.8) is 0 Å². The summed E-state index contributed by atoms with van der Waals surface area (Å²) >= 11 is 0. The Morgan fingerprint density at radius 2 is 1.69 bits per heavy atom. The molecule has 32 heavy (non-hydrogen) atoms. The lowest BCUT2D eigenvalue weighted by Gasteiger charge is -2.35. The lowest BCUT2D eigenvalue weighted by atomic mass is 10.0. The molecule has 1 heterocycles. The minimum Gasteiger partial charge on any atom is -0.493 e. The number of methoxy groups -OCH3 is 3. The van der Waals surface area contributed by atoms with E-state index in [9.17, 15) is 9.18 Å². The summed E-state index contributed by atoms with van der Waals surface area (Å²) in [6.07, 6.45) is 0.846. The number of aryl methyl sites for hydroxylation is 1. The summed E-state index contributed by atoms with van der Waals surface area (Å²) in [5.74, 6) is 1.32. The number of benzene rings is 2. The molecule has 7 nitrogen and oxygen atoms in total. The predicted molar refractivity (Wildman–Crippen MR) is 119 cm³/mol. The average molecular weight is 447 g/mol. The van der Waals surface area contributed by atoms with E-state index in [0.717, 1.165) is 24.2 Å². The second kappa shape index (κ2) is 11.7. The zero-order chi connectivity index (χ0) is 22.9. The number of halogens is 1. The number of morpholine rings is 1. The fraction of sp³-hybridized carbons (Fsp3) is 0.458. The smallest absolute Gasteiger partial charge is 0.220 e. The van der Waals surface area contributed by atoms with E-state index < -0.39 is 0 Å². The highest BCUT2D eigenvalue weighted by Crippen LogP contribution is 2.38. The molecule has 2 aromatic rings. The second-order valence-electron chi connectivity index (χ2n) is 7.55. The first-order valence-corrected chi connectivity index (χ1v) is 10.7. The number of carbonyl (C=O) groups excluding carboxylic acids is 1. The van der Waals surface area contributed by atoms with Crippen molar-refractivity contribution in [2.75, 3.05) is 54.2 Å². The van der Waals surface area contributed by atoms with Crippen LogP contribution >= 0.6 is 0 Å². The summed E-state index contributed by atoms with van der Waals surface area (Å²) in [5, 5.41) is 3.04. The number of rotatable bonds is 10. The first kappa shape index (κ1) is 23.8. The molecular formula is C24H31FN2O5. The molecule has 0 saturated carbocycles. The van der Waals surface area contributed by atoms with Crippen molar-refractivity contribution in [1.29, 1.82) is 0 Å². The molecule has 2 aromatic carbocycles. The van der Waals surface area contributed by atoms with E-state index in [0.29, 0.717) is 49.8 Å². The number of hydrogen-bond acceptors (Lipinski definition) is 6. The molecule has 0 aliphatic carbocycles. The van der Waals surface area contributed by atoms with Crippen molar-refractivity contribution >= 4 is 5.91 Å². The molecule has 0 aromatic heterocycles. The van der Waals surface area contributed by atoms with Crippen LogP contribution in [0, 0.1) is 5.82 Å². The zero-order valence-corrected chi connectivity index (χ0v) is 18.9. The van der Waals surface area contributed by atoms with Gasteiger partial charge in [-0.25, -0.2) is 4.39 Å². The largest absolute Gasteiger partial charge is 0.493 e. The SMILES string of the molecule is COc1cc(CCC(=O)NC[C@@H](c2ccc(F)cc2)N2CCOCC2)cc(OC)c1OC. The fourth-order valence-electron chi connectivity index (χ4n) is 3.87. The molecule has 0 radical (unpaired) electrons. The quantitative estimate of drug-likeness (QED) is 0.605. The third-order valence-corrected chi connectivity index (χ3v) is 5.60. The number of hydrogen-bond donors (Lipinski definition) is 1. The van der Waals surface area contributed by atoms with Gasteiger partial charge in [0.05, 0.1) is 40.6 Å². The molecule has 1 atom stereocenters. The molecule has 0 unspecified atom stereocenters. The van der Waals surface area contributed by atoms with Gasteiger partial charge >= 0.3 is 0 Å². The molecular weight excluding hydrogens is 415 g/mol. The van der Waals surface area contributed by atoms with Gasteiger partial charge < -0.3 is 24.3 Å². The molecule has 0 spiro atoms. The Labute approximate surface area is 188 Å². The van der Waals surface area contributed by atoms with Crippen LogP contribution in [0.15, 0.2) is 36.4 Å². The molecule has 1 fully saturated rings. The summed E-state index contributed by atoms with van der Waals surface area (Å²) in [5.41, 5.74) is 1.89.